The molecule has 0 spiro atoms. The van der Waals surface area contributed by atoms with E-state index in [0.29, 0.717) is 18.9 Å². The molecule has 2 fully saturated rings. The van der Waals surface area contributed by atoms with Crippen LogP contribution in [0.5, 0.6) is 11.5 Å². The zero-order chi connectivity index (χ0) is 15.0. The molecule has 2 bridgehead atoms. The lowest BCUT2D eigenvalue weighted by Gasteiger charge is -2.59. The van der Waals surface area contributed by atoms with E-state index >= 15 is 0 Å². The van der Waals surface area contributed by atoms with Crippen molar-refractivity contribution in [2.24, 2.45) is 5.41 Å². The van der Waals surface area contributed by atoms with Gasteiger partial charge in [0, 0.05) is 35.3 Å². The van der Waals surface area contributed by atoms with Crippen LogP contribution in [-0.2, 0) is 16.6 Å². The summed E-state index contributed by atoms with van der Waals surface area (Å²) in [6, 6.07) is 3.81. The van der Waals surface area contributed by atoms with E-state index in [-0.39, 0.29) is 28.1 Å². The van der Waals surface area contributed by atoms with Crippen molar-refractivity contribution in [2.75, 3.05) is 13.6 Å². The molecule has 0 amide bonds. The van der Waals surface area contributed by atoms with Crippen LogP contribution in [0.25, 0.3) is 0 Å². The average molecular weight is 287 g/mol. The van der Waals surface area contributed by atoms with Gasteiger partial charge in [0.05, 0.1) is 0 Å². The van der Waals surface area contributed by atoms with Crippen LogP contribution in [0, 0.1) is 5.41 Å². The van der Waals surface area contributed by atoms with E-state index in [4.69, 9.17) is 0 Å². The van der Waals surface area contributed by atoms with Crippen LogP contribution in [0.4, 0.5) is 0 Å². The number of piperidine rings is 1. The second-order valence-corrected chi connectivity index (χ2v) is 7.31. The molecule has 112 valence electrons. The fourth-order valence-electron chi connectivity index (χ4n) is 5.41. The zero-order valence-electron chi connectivity index (χ0n) is 12.5. The molecule has 3 atom stereocenters. The predicted octanol–water partition coefficient (Wildman–Crippen LogP) is 1.97. The number of carbonyl (C=O) groups excluding carboxylic acids is 1. The fraction of sp³-hybridized carbons (Fsp3) is 0.588. The number of hydrogen-bond acceptors (Lipinski definition) is 4. The van der Waals surface area contributed by atoms with Crippen molar-refractivity contribution in [1.82, 2.24) is 4.90 Å². The van der Waals surface area contributed by atoms with Gasteiger partial charge in [-0.1, -0.05) is 13.0 Å². The van der Waals surface area contributed by atoms with Crippen molar-refractivity contribution in [3.05, 3.63) is 23.3 Å². The summed E-state index contributed by atoms with van der Waals surface area (Å²) in [5, 5.41) is 20.4. The number of ketones is 1. The van der Waals surface area contributed by atoms with Gasteiger partial charge in [-0.15, -0.1) is 0 Å². The van der Waals surface area contributed by atoms with Crippen LogP contribution < -0.4 is 0 Å². The fourth-order valence-corrected chi connectivity index (χ4v) is 5.41. The Morgan fingerprint density at radius 2 is 2.05 bits per heavy atom. The number of aromatic hydroxyl groups is 2. The third-order valence-electron chi connectivity index (χ3n) is 6.45. The maximum atomic E-state index is 12.3. The molecule has 2 aliphatic carbocycles. The first-order valence-corrected chi connectivity index (χ1v) is 7.65. The van der Waals surface area contributed by atoms with Gasteiger partial charge < -0.3 is 15.1 Å². The zero-order valence-corrected chi connectivity index (χ0v) is 12.5. The minimum absolute atomic E-state index is 0.00331. The van der Waals surface area contributed by atoms with E-state index in [0.717, 1.165) is 30.5 Å². The molecular weight excluding hydrogens is 266 g/mol. The highest BCUT2D eigenvalue weighted by Gasteiger charge is 2.65. The van der Waals surface area contributed by atoms with Crippen LogP contribution >= 0.6 is 0 Å². The van der Waals surface area contributed by atoms with Gasteiger partial charge in [-0.05, 0) is 38.1 Å². The van der Waals surface area contributed by atoms with Gasteiger partial charge in [0.1, 0.15) is 5.78 Å². The van der Waals surface area contributed by atoms with Gasteiger partial charge >= 0.3 is 0 Å². The molecule has 0 radical (unpaired) electrons. The number of nitrogens with zero attached hydrogens (tertiary/aromatic N) is 1. The Kier molecular flexibility index (Phi) is 2.38. The van der Waals surface area contributed by atoms with Crippen LogP contribution in [0.2, 0.25) is 0 Å². The number of fused-ring (bicyclic) bond motifs is 1. The summed E-state index contributed by atoms with van der Waals surface area (Å²) in [7, 11) is 2.13. The second-order valence-electron chi connectivity index (χ2n) is 7.31. The van der Waals surface area contributed by atoms with E-state index in [1.165, 1.54) is 0 Å². The van der Waals surface area contributed by atoms with Crippen LogP contribution in [0.3, 0.4) is 0 Å². The van der Waals surface area contributed by atoms with Crippen LogP contribution in [0.15, 0.2) is 12.1 Å². The molecule has 3 aliphatic rings. The normalized spacial score (nSPS) is 38.2. The lowest BCUT2D eigenvalue weighted by molar-refractivity contribution is -0.118. The van der Waals surface area contributed by atoms with Gasteiger partial charge in [-0.25, -0.2) is 0 Å². The Labute approximate surface area is 124 Å². The molecule has 4 rings (SSSR count). The summed E-state index contributed by atoms with van der Waals surface area (Å²) in [6.45, 7) is 3.13. The molecule has 1 saturated carbocycles. The van der Waals surface area contributed by atoms with Crippen molar-refractivity contribution >= 4 is 5.78 Å². The largest absolute Gasteiger partial charge is 0.504 e. The van der Waals surface area contributed by atoms with E-state index in [9.17, 15) is 15.0 Å². The number of Topliss-reactive ketones (excluding diaryl/α,β-unsaturated/α-hetero) is 1. The molecule has 4 heteroatoms. The van der Waals surface area contributed by atoms with Crippen molar-refractivity contribution < 1.29 is 15.0 Å². The Balaban J connectivity index is 2.04. The molecule has 1 aromatic rings. The smallest absolute Gasteiger partial charge is 0.161 e. The Morgan fingerprint density at radius 1 is 1.29 bits per heavy atom. The van der Waals surface area contributed by atoms with Crippen molar-refractivity contribution in [3.8, 4) is 11.5 Å². The van der Waals surface area contributed by atoms with Crippen molar-refractivity contribution in [2.45, 2.75) is 44.1 Å². The lowest BCUT2D eigenvalue weighted by atomic mass is 9.51. The molecule has 1 heterocycles. The summed E-state index contributed by atoms with van der Waals surface area (Å²) < 4.78 is 0. The molecule has 1 saturated heterocycles. The van der Waals surface area contributed by atoms with E-state index in [1.807, 2.05) is 6.07 Å². The minimum Gasteiger partial charge on any atom is -0.504 e. The van der Waals surface area contributed by atoms with Gasteiger partial charge in [-0.3, -0.25) is 4.79 Å². The summed E-state index contributed by atoms with van der Waals surface area (Å²) >= 11 is 0. The molecule has 1 aliphatic heterocycles. The van der Waals surface area contributed by atoms with E-state index in [2.05, 4.69) is 18.9 Å². The van der Waals surface area contributed by atoms with E-state index in [1.54, 1.807) is 6.07 Å². The monoisotopic (exact) mass is 287 g/mol. The number of benzene rings is 1. The highest BCUT2D eigenvalue weighted by molar-refractivity contribution is 5.86. The number of phenolic OH excluding ortho intramolecular Hbond substituents is 2. The van der Waals surface area contributed by atoms with Crippen LogP contribution in [0.1, 0.15) is 37.3 Å². The highest BCUT2D eigenvalue weighted by Crippen LogP contribution is 2.65. The first-order chi connectivity index (χ1) is 9.89. The summed E-state index contributed by atoms with van der Waals surface area (Å²) in [6.07, 6.45) is 2.78. The molecule has 0 aromatic heterocycles. The summed E-state index contributed by atoms with van der Waals surface area (Å²) in [5.74, 6) is 0.215. The number of phenols is 2. The number of carbonyl (C=O) groups is 1. The third-order valence-corrected chi connectivity index (χ3v) is 6.45. The number of likely N-dealkylation sites (N-methyl/N-ethyl adjacent to an activating group) is 1. The average Bonchev–Trinajstić information content (AvgIpc) is 2.70. The van der Waals surface area contributed by atoms with Crippen molar-refractivity contribution in [1.29, 1.82) is 0 Å². The Hall–Kier alpha value is -1.55. The predicted molar refractivity (Wildman–Crippen MR) is 78.5 cm³/mol. The van der Waals surface area contributed by atoms with E-state index < -0.39 is 0 Å². The number of hydrogen-bond donors (Lipinski definition) is 2. The Morgan fingerprint density at radius 3 is 2.81 bits per heavy atom. The Bertz CT molecular complexity index is 656. The highest BCUT2D eigenvalue weighted by atomic mass is 16.3. The molecular formula is C17H21NO3. The number of likely N-dealkylation sites (tertiary alicyclic amines) is 1. The van der Waals surface area contributed by atoms with Crippen molar-refractivity contribution in [3.63, 3.8) is 0 Å². The maximum absolute atomic E-state index is 12.3. The standard InChI is InChI=1S/C17H21NO3/c1-16-8-11(19)9-17(16)5-6-18(2)13(16)7-10-3-4-12(20)15(21)14(10)17/h3-4,13,20-21H,5-9H2,1-2H3. The topological polar surface area (TPSA) is 60.8 Å². The van der Waals surface area contributed by atoms with Gasteiger partial charge in [0.2, 0.25) is 0 Å². The molecule has 21 heavy (non-hydrogen) atoms. The van der Waals surface area contributed by atoms with Crippen LogP contribution in [-0.4, -0.2) is 40.5 Å². The maximum Gasteiger partial charge on any atom is 0.161 e. The third kappa shape index (κ3) is 1.37. The van der Waals surface area contributed by atoms with Gasteiger partial charge in [-0.2, -0.15) is 0 Å². The lowest BCUT2D eigenvalue weighted by Crippen LogP contribution is -2.62. The molecule has 1 aromatic carbocycles. The first-order valence-electron chi connectivity index (χ1n) is 7.65. The first kappa shape index (κ1) is 13.1. The molecule has 2 N–H and O–H groups in total. The second kappa shape index (κ2) is 3.80. The molecule has 3 unspecified atom stereocenters. The SMILES string of the molecule is CN1CCC23CC(=O)CC2(C)C1Cc1ccc(O)c(O)c13. The van der Waals surface area contributed by atoms with Gasteiger partial charge in [0.25, 0.3) is 0 Å². The minimum atomic E-state index is -0.308. The quantitative estimate of drug-likeness (QED) is 0.716. The van der Waals surface area contributed by atoms with Gasteiger partial charge in [0.15, 0.2) is 11.5 Å². The summed E-state index contributed by atoms with van der Waals surface area (Å²) in [5.41, 5.74) is 1.49. The number of rotatable bonds is 0. The summed E-state index contributed by atoms with van der Waals surface area (Å²) in [4.78, 5) is 14.7. The molecule has 4 nitrogen and oxygen atoms in total.